The van der Waals surface area contributed by atoms with Crippen LogP contribution in [-0.2, 0) is 11.0 Å². The third kappa shape index (κ3) is 9.18. The molecule has 1 fully saturated rings. The van der Waals surface area contributed by atoms with Gasteiger partial charge in [0, 0.05) is 24.9 Å². The van der Waals surface area contributed by atoms with Gasteiger partial charge in [0.1, 0.15) is 0 Å². The Kier molecular flexibility index (Phi) is 9.64. The predicted molar refractivity (Wildman–Crippen MR) is 114 cm³/mol. The molecule has 3 nitrogen and oxygen atoms in total. The Morgan fingerprint density at radius 1 is 1.06 bits per heavy atom. The third-order valence-electron chi connectivity index (χ3n) is 6.39. The highest BCUT2D eigenvalue weighted by molar-refractivity contribution is 5.67. The number of hydrogen-bond donors (Lipinski definition) is 1. The minimum Gasteiger partial charge on any atom is -0.481 e. The lowest BCUT2D eigenvalue weighted by atomic mass is 9.83. The van der Waals surface area contributed by atoms with Gasteiger partial charge in [-0.1, -0.05) is 38.8 Å². The predicted octanol–water partition coefficient (Wildman–Crippen LogP) is 7.47. The van der Waals surface area contributed by atoms with Gasteiger partial charge in [-0.3, -0.25) is 9.69 Å². The topological polar surface area (TPSA) is 40.5 Å². The van der Waals surface area contributed by atoms with E-state index in [2.05, 4.69) is 0 Å². The number of carbonyl (C=O) groups is 1. The zero-order valence-corrected chi connectivity index (χ0v) is 19.1. The SMILES string of the molecule is CC(C)CCC[C@H](CCC(F)(F)F)N1CC[C@@H](CC(=O)O)C[C@H]1c1ccc(C(F)(F)F)cc1. The summed E-state index contributed by atoms with van der Waals surface area (Å²) in [6.45, 7) is 4.52. The maximum Gasteiger partial charge on any atom is 0.416 e. The number of carboxylic acid groups (broad SMARTS) is 1. The van der Waals surface area contributed by atoms with Gasteiger partial charge < -0.3 is 5.11 Å². The van der Waals surface area contributed by atoms with Crippen LogP contribution >= 0.6 is 0 Å². The van der Waals surface area contributed by atoms with Crippen molar-refractivity contribution >= 4 is 5.97 Å². The summed E-state index contributed by atoms with van der Waals surface area (Å²) in [6.07, 6.45) is -6.71. The van der Waals surface area contributed by atoms with Crippen LogP contribution in [0.3, 0.4) is 0 Å². The molecule has 3 atom stereocenters. The normalized spacial score (nSPS) is 21.4. The van der Waals surface area contributed by atoms with Gasteiger partial charge in [0.15, 0.2) is 0 Å². The van der Waals surface area contributed by atoms with E-state index in [9.17, 15) is 36.2 Å². The second-order valence-corrected chi connectivity index (χ2v) is 9.49. The van der Waals surface area contributed by atoms with Crippen LogP contribution in [0.5, 0.6) is 0 Å². The van der Waals surface area contributed by atoms with Crippen molar-refractivity contribution in [3.05, 3.63) is 35.4 Å². The number of hydrogen-bond acceptors (Lipinski definition) is 2. The van der Waals surface area contributed by atoms with E-state index < -0.39 is 36.3 Å². The molecule has 1 aliphatic rings. The van der Waals surface area contributed by atoms with Crippen molar-refractivity contribution in [1.82, 2.24) is 4.90 Å². The van der Waals surface area contributed by atoms with E-state index in [4.69, 9.17) is 0 Å². The summed E-state index contributed by atoms with van der Waals surface area (Å²) in [5.74, 6) is -0.713. The zero-order chi connectivity index (χ0) is 24.8. The second-order valence-electron chi connectivity index (χ2n) is 9.49. The molecule has 1 aliphatic heterocycles. The largest absolute Gasteiger partial charge is 0.481 e. The first-order chi connectivity index (χ1) is 15.3. The van der Waals surface area contributed by atoms with Crippen molar-refractivity contribution < 1.29 is 36.2 Å². The van der Waals surface area contributed by atoms with Gasteiger partial charge in [-0.05, 0) is 61.8 Å². The fourth-order valence-electron chi connectivity index (χ4n) is 4.72. The molecule has 1 aromatic carbocycles. The Morgan fingerprint density at radius 2 is 1.70 bits per heavy atom. The smallest absolute Gasteiger partial charge is 0.416 e. The zero-order valence-electron chi connectivity index (χ0n) is 19.1. The number of nitrogens with zero attached hydrogens (tertiary/aromatic N) is 1. The maximum absolute atomic E-state index is 13.0. The summed E-state index contributed by atoms with van der Waals surface area (Å²) in [4.78, 5) is 13.2. The maximum atomic E-state index is 13.0. The molecular formula is C24H33F6NO2. The summed E-state index contributed by atoms with van der Waals surface area (Å²) < 4.78 is 78.1. The van der Waals surface area contributed by atoms with E-state index in [0.29, 0.717) is 37.3 Å². The molecule has 1 saturated heterocycles. The quantitative estimate of drug-likeness (QED) is 0.353. The number of aliphatic carboxylic acids is 1. The van der Waals surface area contributed by atoms with Crippen LogP contribution in [0.2, 0.25) is 0 Å². The monoisotopic (exact) mass is 481 g/mol. The minimum atomic E-state index is -4.48. The Hall–Kier alpha value is -1.77. The molecule has 1 aromatic rings. The van der Waals surface area contributed by atoms with E-state index in [-0.39, 0.29) is 24.8 Å². The summed E-state index contributed by atoms with van der Waals surface area (Å²) in [7, 11) is 0. The first kappa shape index (κ1) is 27.5. The fraction of sp³-hybridized carbons (Fsp3) is 0.708. The minimum absolute atomic E-state index is 0.0639. The lowest BCUT2D eigenvalue weighted by molar-refractivity contribution is -0.141. The molecule has 0 radical (unpaired) electrons. The highest BCUT2D eigenvalue weighted by Crippen LogP contribution is 2.40. The standard InChI is InChI=1S/C24H33F6NO2/c1-16(2)4-3-5-20(10-12-23(25,26)27)31-13-11-17(15-22(32)33)14-21(31)18-6-8-19(9-7-18)24(28,29)30/h6-9,16-17,20-21H,3-5,10-15H2,1-2H3,(H,32,33)/t17-,20-,21+/m1/s1. The lowest BCUT2D eigenvalue weighted by Crippen LogP contribution is -2.44. The van der Waals surface area contributed by atoms with E-state index in [1.165, 1.54) is 12.1 Å². The molecule has 9 heteroatoms. The Labute approximate surface area is 191 Å². The molecule has 0 unspecified atom stereocenters. The van der Waals surface area contributed by atoms with Crippen LogP contribution in [0.25, 0.3) is 0 Å². The molecule has 0 amide bonds. The molecule has 0 aliphatic carbocycles. The number of halogens is 6. The molecule has 1 N–H and O–H groups in total. The van der Waals surface area contributed by atoms with Crippen molar-refractivity contribution in [2.24, 2.45) is 11.8 Å². The van der Waals surface area contributed by atoms with Crippen molar-refractivity contribution in [3.8, 4) is 0 Å². The van der Waals surface area contributed by atoms with Crippen molar-refractivity contribution in [1.29, 1.82) is 0 Å². The second kappa shape index (κ2) is 11.6. The summed E-state index contributed by atoms with van der Waals surface area (Å²) in [5, 5.41) is 9.20. The molecule has 33 heavy (non-hydrogen) atoms. The van der Waals surface area contributed by atoms with Crippen LogP contribution in [0, 0.1) is 11.8 Å². The molecule has 188 valence electrons. The van der Waals surface area contributed by atoms with Gasteiger partial charge in [-0.2, -0.15) is 26.3 Å². The van der Waals surface area contributed by atoms with E-state index in [1.54, 1.807) is 0 Å². The van der Waals surface area contributed by atoms with Gasteiger partial charge in [-0.25, -0.2) is 0 Å². The van der Waals surface area contributed by atoms with Crippen LogP contribution < -0.4 is 0 Å². The molecule has 0 aromatic heterocycles. The Bertz CT molecular complexity index is 745. The molecule has 0 bridgehead atoms. The molecule has 0 spiro atoms. The molecule has 2 rings (SSSR count). The number of likely N-dealkylation sites (tertiary alicyclic amines) is 1. The average Bonchev–Trinajstić information content (AvgIpc) is 2.69. The van der Waals surface area contributed by atoms with Gasteiger partial charge in [0.2, 0.25) is 0 Å². The van der Waals surface area contributed by atoms with Crippen molar-refractivity contribution in [2.45, 2.75) is 89.7 Å². The number of piperidine rings is 1. The lowest BCUT2D eigenvalue weighted by Gasteiger charge is -2.44. The van der Waals surface area contributed by atoms with Crippen LogP contribution in [0.4, 0.5) is 26.3 Å². The van der Waals surface area contributed by atoms with Gasteiger partial charge in [0.25, 0.3) is 0 Å². The molecular weight excluding hydrogens is 448 g/mol. The van der Waals surface area contributed by atoms with Crippen LogP contribution in [0.15, 0.2) is 24.3 Å². The first-order valence-corrected chi connectivity index (χ1v) is 11.5. The summed E-state index contributed by atoms with van der Waals surface area (Å²) >= 11 is 0. The average molecular weight is 482 g/mol. The fourth-order valence-corrected chi connectivity index (χ4v) is 4.72. The van der Waals surface area contributed by atoms with E-state index in [0.717, 1.165) is 25.0 Å². The molecule has 1 heterocycles. The number of rotatable bonds is 10. The van der Waals surface area contributed by atoms with Gasteiger partial charge in [0.05, 0.1) is 5.56 Å². The van der Waals surface area contributed by atoms with Crippen LogP contribution in [-0.4, -0.2) is 34.7 Å². The molecule has 0 saturated carbocycles. The van der Waals surface area contributed by atoms with Crippen molar-refractivity contribution in [3.63, 3.8) is 0 Å². The third-order valence-corrected chi connectivity index (χ3v) is 6.39. The highest BCUT2D eigenvalue weighted by Gasteiger charge is 2.37. The highest BCUT2D eigenvalue weighted by atomic mass is 19.4. The van der Waals surface area contributed by atoms with Crippen molar-refractivity contribution in [2.75, 3.05) is 6.54 Å². The van der Waals surface area contributed by atoms with Gasteiger partial charge in [-0.15, -0.1) is 0 Å². The Balaban J connectivity index is 2.30. The number of benzene rings is 1. The summed E-state index contributed by atoms with van der Waals surface area (Å²) in [6, 6.07) is 3.93. The number of alkyl halides is 6. The first-order valence-electron chi connectivity index (χ1n) is 11.5. The van der Waals surface area contributed by atoms with E-state index >= 15 is 0 Å². The summed E-state index contributed by atoms with van der Waals surface area (Å²) in [5.41, 5.74) is -0.208. The number of carboxylic acids is 1. The van der Waals surface area contributed by atoms with E-state index in [1.807, 2.05) is 18.7 Å². The van der Waals surface area contributed by atoms with Gasteiger partial charge >= 0.3 is 18.3 Å². The Morgan fingerprint density at radius 3 is 2.21 bits per heavy atom. The van der Waals surface area contributed by atoms with Crippen LogP contribution in [0.1, 0.15) is 82.4 Å².